The lowest BCUT2D eigenvalue weighted by molar-refractivity contribution is -0.119. The minimum absolute atomic E-state index is 0.0174. The molecule has 2 amide bonds. The lowest BCUT2D eigenvalue weighted by Crippen LogP contribution is -2.35. The van der Waals surface area contributed by atoms with Crippen molar-refractivity contribution >= 4 is 17.5 Å². The molecule has 0 atom stereocenters. The maximum atomic E-state index is 12.1. The van der Waals surface area contributed by atoms with E-state index < -0.39 is 0 Å². The summed E-state index contributed by atoms with van der Waals surface area (Å²) in [5, 5.41) is 8.28. The topological polar surface area (TPSA) is 70.2 Å². The number of aryl methyl sites for hydroxylation is 1. The summed E-state index contributed by atoms with van der Waals surface area (Å²) in [7, 11) is 1.54. The van der Waals surface area contributed by atoms with Gasteiger partial charge in [-0.2, -0.15) is 0 Å². The van der Waals surface area contributed by atoms with Crippen molar-refractivity contribution in [3.8, 4) is 0 Å². The molecule has 0 unspecified atom stereocenters. The first kappa shape index (κ1) is 15.0. The van der Waals surface area contributed by atoms with Crippen LogP contribution in [0, 0.1) is 6.92 Å². The summed E-state index contributed by atoms with van der Waals surface area (Å²) in [4.78, 5) is 23.2. The Labute approximate surface area is 113 Å². The average molecular weight is 263 g/mol. The number of hydrogen-bond acceptors (Lipinski definition) is 3. The maximum absolute atomic E-state index is 12.1. The third-order valence-corrected chi connectivity index (χ3v) is 2.67. The minimum atomic E-state index is -0.245. The van der Waals surface area contributed by atoms with Crippen LogP contribution in [0.3, 0.4) is 0 Å². The van der Waals surface area contributed by atoms with Crippen LogP contribution in [0.5, 0.6) is 0 Å². The van der Waals surface area contributed by atoms with Crippen LogP contribution in [0.25, 0.3) is 0 Å². The SMILES string of the molecule is CCCNc1ccc(C)cc1C(=O)NCC(=O)NC. The highest BCUT2D eigenvalue weighted by Crippen LogP contribution is 2.17. The molecular weight excluding hydrogens is 242 g/mol. The summed E-state index contributed by atoms with van der Waals surface area (Å²) in [6.45, 7) is 4.78. The number of anilines is 1. The third kappa shape index (κ3) is 4.62. The van der Waals surface area contributed by atoms with Gasteiger partial charge >= 0.3 is 0 Å². The second kappa shape index (κ2) is 7.41. The molecule has 0 saturated heterocycles. The summed E-state index contributed by atoms with van der Waals surface area (Å²) < 4.78 is 0. The normalized spacial score (nSPS) is 9.84. The standard InChI is InChI=1S/C14H21N3O2/c1-4-7-16-12-6-5-10(2)8-11(12)14(19)17-9-13(18)15-3/h5-6,8,16H,4,7,9H2,1-3H3,(H,15,18)(H,17,19). The number of carbonyl (C=O) groups is 2. The molecule has 0 aliphatic heterocycles. The van der Waals surface area contributed by atoms with Crippen molar-refractivity contribution in [1.29, 1.82) is 0 Å². The first-order chi connectivity index (χ1) is 9.08. The fourth-order valence-electron chi connectivity index (χ4n) is 1.60. The van der Waals surface area contributed by atoms with Gasteiger partial charge in [0.05, 0.1) is 12.1 Å². The van der Waals surface area contributed by atoms with Gasteiger partial charge in [-0.15, -0.1) is 0 Å². The Morgan fingerprint density at radius 2 is 2.00 bits per heavy atom. The molecule has 0 saturated carbocycles. The van der Waals surface area contributed by atoms with E-state index in [1.54, 1.807) is 0 Å². The van der Waals surface area contributed by atoms with E-state index in [9.17, 15) is 9.59 Å². The molecule has 3 N–H and O–H groups in total. The molecule has 5 nitrogen and oxygen atoms in total. The number of hydrogen-bond donors (Lipinski definition) is 3. The van der Waals surface area contributed by atoms with E-state index in [2.05, 4.69) is 22.9 Å². The zero-order valence-electron chi connectivity index (χ0n) is 11.7. The van der Waals surface area contributed by atoms with Crippen LogP contribution >= 0.6 is 0 Å². The van der Waals surface area contributed by atoms with E-state index in [1.165, 1.54) is 7.05 Å². The van der Waals surface area contributed by atoms with Crippen LogP contribution in [0.4, 0.5) is 5.69 Å². The van der Waals surface area contributed by atoms with Gasteiger partial charge in [0.25, 0.3) is 5.91 Å². The van der Waals surface area contributed by atoms with Crippen molar-refractivity contribution in [3.05, 3.63) is 29.3 Å². The van der Waals surface area contributed by atoms with Gasteiger partial charge in [-0.05, 0) is 25.5 Å². The average Bonchev–Trinajstić information content (AvgIpc) is 2.42. The minimum Gasteiger partial charge on any atom is -0.384 e. The number of nitrogens with one attached hydrogen (secondary N) is 3. The zero-order chi connectivity index (χ0) is 14.3. The maximum Gasteiger partial charge on any atom is 0.253 e. The second-order valence-corrected chi connectivity index (χ2v) is 4.33. The van der Waals surface area contributed by atoms with Crippen molar-refractivity contribution in [2.24, 2.45) is 0 Å². The first-order valence-corrected chi connectivity index (χ1v) is 6.41. The predicted molar refractivity (Wildman–Crippen MR) is 76.4 cm³/mol. The van der Waals surface area contributed by atoms with Gasteiger partial charge in [-0.25, -0.2) is 0 Å². The Bertz CT molecular complexity index is 458. The molecule has 19 heavy (non-hydrogen) atoms. The molecular formula is C14H21N3O2. The molecule has 5 heteroatoms. The molecule has 0 radical (unpaired) electrons. The zero-order valence-corrected chi connectivity index (χ0v) is 11.7. The van der Waals surface area contributed by atoms with Crippen LogP contribution < -0.4 is 16.0 Å². The number of rotatable bonds is 6. The summed E-state index contributed by atoms with van der Waals surface area (Å²) in [5.74, 6) is -0.463. The Balaban J connectivity index is 2.81. The molecule has 1 aromatic rings. The van der Waals surface area contributed by atoms with Crippen molar-refractivity contribution in [1.82, 2.24) is 10.6 Å². The van der Waals surface area contributed by atoms with Crippen molar-refractivity contribution in [2.75, 3.05) is 25.5 Å². The van der Waals surface area contributed by atoms with Crippen molar-refractivity contribution < 1.29 is 9.59 Å². The molecule has 0 aliphatic carbocycles. The smallest absolute Gasteiger partial charge is 0.253 e. The molecule has 0 heterocycles. The summed E-state index contributed by atoms with van der Waals surface area (Å²) in [5.41, 5.74) is 2.37. The first-order valence-electron chi connectivity index (χ1n) is 6.41. The molecule has 0 spiro atoms. The lowest BCUT2D eigenvalue weighted by atomic mass is 10.1. The molecule has 0 fully saturated rings. The fraction of sp³-hybridized carbons (Fsp3) is 0.429. The van der Waals surface area contributed by atoms with Gasteiger partial charge in [0, 0.05) is 19.3 Å². The van der Waals surface area contributed by atoms with Gasteiger partial charge < -0.3 is 16.0 Å². The van der Waals surface area contributed by atoms with Gasteiger partial charge in [-0.3, -0.25) is 9.59 Å². The number of amides is 2. The van der Waals surface area contributed by atoms with E-state index in [-0.39, 0.29) is 18.4 Å². The second-order valence-electron chi connectivity index (χ2n) is 4.33. The summed E-state index contributed by atoms with van der Waals surface area (Å²) in [6, 6.07) is 5.66. The van der Waals surface area contributed by atoms with Gasteiger partial charge in [0.1, 0.15) is 0 Å². The molecule has 1 aromatic carbocycles. The molecule has 0 aliphatic rings. The van der Waals surface area contributed by atoms with E-state index in [1.807, 2.05) is 25.1 Å². The summed E-state index contributed by atoms with van der Waals surface area (Å²) in [6.07, 6.45) is 0.979. The van der Waals surface area contributed by atoms with Crippen LogP contribution in [0.2, 0.25) is 0 Å². The largest absolute Gasteiger partial charge is 0.384 e. The molecule has 0 aromatic heterocycles. The molecule has 104 valence electrons. The highest BCUT2D eigenvalue weighted by Gasteiger charge is 2.12. The number of likely N-dealkylation sites (N-methyl/N-ethyl adjacent to an activating group) is 1. The Morgan fingerprint density at radius 3 is 2.63 bits per heavy atom. The molecule has 0 bridgehead atoms. The Morgan fingerprint density at radius 1 is 1.26 bits per heavy atom. The Hall–Kier alpha value is -2.04. The quantitative estimate of drug-likeness (QED) is 0.724. The van der Waals surface area contributed by atoms with Crippen molar-refractivity contribution in [3.63, 3.8) is 0 Å². The lowest BCUT2D eigenvalue weighted by Gasteiger charge is -2.12. The van der Waals surface area contributed by atoms with E-state index in [0.29, 0.717) is 5.56 Å². The third-order valence-electron chi connectivity index (χ3n) is 2.67. The van der Waals surface area contributed by atoms with E-state index in [0.717, 1.165) is 24.2 Å². The Kier molecular flexibility index (Phi) is 5.85. The van der Waals surface area contributed by atoms with Crippen molar-refractivity contribution in [2.45, 2.75) is 20.3 Å². The fourth-order valence-corrected chi connectivity index (χ4v) is 1.60. The van der Waals surface area contributed by atoms with Gasteiger partial charge in [0.2, 0.25) is 5.91 Å². The van der Waals surface area contributed by atoms with Crippen LogP contribution in [0.15, 0.2) is 18.2 Å². The monoisotopic (exact) mass is 263 g/mol. The van der Waals surface area contributed by atoms with Crippen LogP contribution in [-0.4, -0.2) is 32.0 Å². The number of benzene rings is 1. The van der Waals surface area contributed by atoms with E-state index >= 15 is 0 Å². The van der Waals surface area contributed by atoms with Crippen LogP contribution in [0.1, 0.15) is 29.3 Å². The predicted octanol–water partition coefficient (Wildman–Crippen LogP) is 1.29. The molecule has 1 rings (SSSR count). The van der Waals surface area contributed by atoms with Gasteiger partial charge in [-0.1, -0.05) is 18.6 Å². The highest BCUT2D eigenvalue weighted by atomic mass is 16.2. The van der Waals surface area contributed by atoms with Crippen LogP contribution in [-0.2, 0) is 4.79 Å². The highest BCUT2D eigenvalue weighted by molar-refractivity contribution is 6.01. The van der Waals surface area contributed by atoms with Gasteiger partial charge in [0.15, 0.2) is 0 Å². The summed E-state index contributed by atoms with van der Waals surface area (Å²) >= 11 is 0. The number of carbonyl (C=O) groups excluding carboxylic acids is 2. The van der Waals surface area contributed by atoms with E-state index in [4.69, 9.17) is 0 Å².